The summed E-state index contributed by atoms with van der Waals surface area (Å²) >= 11 is 0. The van der Waals surface area contributed by atoms with Crippen molar-refractivity contribution in [3.8, 4) is 11.1 Å². The third-order valence-corrected chi connectivity index (χ3v) is 2.26. The molecule has 6 heteroatoms. The van der Waals surface area contributed by atoms with Gasteiger partial charge in [0.1, 0.15) is 0 Å². The van der Waals surface area contributed by atoms with Crippen molar-refractivity contribution in [2.24, 2.45) is 0 Å². The number of hydrogen-bond acceptors (Lipinski definition) is 1. The van der Waals surface area contributed by atoms with Gasteiger partial charge in [-0.15, -0.1) is 0 Å². The highest BCUT2D eigenvalue weighted by atomic mass is 35.5. The zero-order chi connectivity index (χ0) is 11.4. The Bertz CT molecular complexity index is 489. The van der Waals surface area contributed by atoms with E-state index in [0.29, 0.717) is 0 Å². The number of carboxylic acids is 1. The van der Waals surface area contributed by atoms with Gasteiger partial charge in [-0.05, 0) is 11.1 Å². The van der Waals surface area contributed by atoms with Crippen molar-refractivity contribution in [1.29, 1.82) is 0 Å². The van der Waals surface area contributed by atoms with E-state index in [0.717, 1.165) is 11.1 Å². The van der Waals surface area contributed by atoms with Crippen molar-refractivity contribution in [3.05, 3.63) is 49.1 Å². The van der Waals surface area contributed by atoms with Gasteiger partial charge in [0.25, 0.3) is 0 Å². The summed E-state index contributed by atoms with van der Waals surface area (Å²) < 4.78 is 1.63. The highest BCUT2D eigenvalue weighted by Crippen LogP contribution is 2.14. The molecule has 4 nitrogen and oxygen atoms in total. The van der Waals surface area contributed by atoms with E-state index in [1.807, 2.05) is 36.7 Å². The summed E-state index contributed by atoms with van der Waals surface area (Å²) in [6.45, 7) is -0.0111. The molecule has 96 valence electrons. The molecule has 0 unspecified atom stereocenters. The molecule has 0 spiro atoms. The summed E-state index contributed by atoms with van der Waals surface area (Å²) in [5.41, 5.74) is 2.16. The van der Waals surface area contributed by atoms with Crippen LogP contribution in [0.2, 0.25) is 0 Å². The monoisotopic (exact) mass is 286 g/mol. The molecule has 0 fully saturated rings. The third kappa shape index (κ3) is 4.31. The van der Waals surface area contributed by atoms with Crippen molar-refractivity contribution in [3.63, 3.8) is 0 Å². The van der Waals surface area contributed by atoms with Gasteiger partial charge in [-0.25, -0.2) is 9.78 Å². The van der Waals surface area contributed by atoms with Crippen LogP contribution in [-0.2, 0) is 11.3 Å². The number of nitrogens with one attached hydrogen (secondary N) is 1. The van der Waals surface area contributed by atoms with Crippen LogP contribution in [0.5, 0.6) is 0 Å². The minimum Gasteiger partial charge on any atom is -1.00 e. The molecule has 2 aromatic rings. The lowest BCUT2D eigenvalue weighted by Gasteiger charge is -1.97. The molecular formula is C12H12Cl2N2O2. The lowest BCUT2D eigenvalue weighted by atomic mass is 10.1. The predicted octanol–water partition coefficient (Wildman–Crippen LogP) is -5.45. The van der Waals surface area contributed by atoms with E-state index in [4.69, 9.17) is 5.11 Å². The van der Waals surface area contributed by atoms with Crippen LogP contribution in [0.15, 0.2) is 49.1 Å². The molecule has 0 radical (unpaired) electrons. The number of aromatic nitrogens is 2. The lowest BCUT2D eigenvalue weighted by molar-refractivity contribution is -0.685. The molecule has 2 N–H and O–H groups in total. The number of halogens is 2. The molecule has 0 atom stereocenters. The van der Waals surface area contributed by atoms with Crippen LogP contribution in [0.25, 0.3) is 11.1 Å². The van der Waals surface area contributed by atoms with E-state index in [2.05, 4.69) is 4.98 Å². The topological polar surface area (TPSA) is 55.3 Å². The van der Waals surface area contributed by atoms with E-state index in [1.54, 1.807) is 17.0 Å². The number of aliphatic carboxylic acids is 1. The maximum Gasteiger partial charge on any atom is 0.370 e. The van der Waals surface area contributed by atoms with Gasteiger partial charge < -0.3 is 29.9 Å². The first kappa shape index (κ1) is 16.4. The largest absolute Gasteiger partial charge is 1.00 e. The molecule has 0 amide bonds. The van der Waals surface area contributed by atoms with E-state index >= 15 is 0 Å². The van der Waals surface area contributed by atoms with Crippen molar-refractivity contribution < 1.29 is 44.3 Å². The summed E-state index contributed by atoms with van der Waals surface area (Å²) in [4.78, 5) is 13.5. The number of H-pyrrole nitrogens is 1. The Morgan fingerprint density at radius 1 is 1.06 bits per heavy atom. The molecular weight excluding hydrogens is 275 g/mol. The molecule has 0 saturated carbocycles. The van der Waals surface area contributed by atoms with Crippen molar-refractivity contribution in [2.75, 3.05) is 0 Å². The quantitative estimate of drug-likeness (QED) is 0.573. The van der Waals surface area contributed by atoms with E-state index in [1.165, 1.54) is 0 Å². The SMILES string of the molecule is O=C(O)C[n+]1ccc(-c2cc[nH+]cc2)cc1.[Cl-].[Cl-]. The number of aromatic amines is 1. The first-order valence-corrected chi connectivity index (χ1v) is 4.93. The van der Waals surface area contributed by atoms with Crippen LogP contribution < -0.4 is 34.4 Å². The molecule has 0 aromatic carbocycles. The normalized spacial score (nSPS) is 8.89. The van der Waals surface area contributed by atoms with Gasteiger partial charge in [-0.2, -0.15) is 4.57 Å². The molecule has 2 rings (SSSR count). The smallest absolute Gasteiger partial charge is 0.370 e. The van der Waals surface area contributed by atoms with Gasteiger partial charge >= 0.3 is 5.97 Å². The van der Waals surface area contributed by atoms with Crippen LogP contribution in [0.3, 0.4) is 0 Å². The Balaban J connectivity index is 0.00000144. The summed E-state index contributed by atoms with van der Waals surface area (Å²) in [6.07, 6.45) is 7.24. The number of rotatable bonds is 3. The second kappa shape index (κ2) is 7.63. The van der Waals surface area contributed by atoms with Gasteiger partial charge in [-0.1, -0.05) is 0 Å². The maximum atomic E-state index is 10.5. The van der Waals surface area contributed by atoms with Gasteiger partial charge in [0.15, 0.2) is 24.8 Å². The van der Waals surface area contributed by atoms with Crippen LogP contribution >= 0.6 is 0 Å². The minimum absolute atomic E-state index is 0. The Hall–Kier alpha value is -1.65. The average molecular weight is 287 g/mol. The van der Waals surface area contributed by atoms with Crippen LogP contribution in [0.1, 0.15) is 0 Å². The molecule has 18 heavy (non-hydrogen) atoms. The maximum absolute atomic E-state index is 10.5. The number of hydrogen-bond donors (Lipinski definition) is 1. The van der Waals surface area contributed by atoms with Crippen molar-refractivity contribution in [1.82, 2.24) is 0 Å². The fourth-order valence-electron chi connectivity index (χ4n) is 1.49. The van der Waals surface area contributed by atoms with Gasteiger partial charge in [0.2, 0.25) is 6.54 Å². The molecule has 0 aliphatic carbocycles. The van der Waals surface area contributed by atoms with Gasteiger partial charge in [0.05, 0.1) is 0 Å². The highest BCUT2D eigenvalue weighted by Gasteiger charge is 2.07. The number of carbonyl (C=O) groups is 1. The van der Waals surface area contributed by atoms with Gasteiger partial charge in [0, 0.05) is 24.3 Å². The molecule has 2 aromatic heterocycles. The average Bonchev–Trinajstić information content (AvgIpc) is 2.30. The first-order chi connectivity index (χ1) is 7.75. The number of nitrogens with zero attached hydrogens (tertiary/aromatic N) is 1. The van der Waals surface area contributed by atoms with Crippen molar-refractivity contribution >= 4 is 5.97 Å². The summed E-state index contributed by atoms with van der Waals surface area (Å²) in [5, 5.41) is 8.63. The molecule has 0 aliphatic heterocycles. The molecule has 0 saturated heterocycles. The Morgan fingerprint density at radius 3 is 2.06 bits per heavy atom. The lowest BCUT2D eigenvalue weighted by Crippen LogP contribution is -3.00. The fraction of sp³-hybridized carbons (Fsp3) is 0.0833. The Morgan fingerprint density at radius 2 is 1.56 bits per heavy atom. The standard InChI is InChI=1S/C12H10N2O2.2ClH/c15-12(16)9-14-7-3-11(4-8-14)10-1-5-13-6-2-10;;/h1-8H,9H2;2*1H. The predicted molar refractivity (Wildman–Crippen MR) is 56.3 cm³/mol. The van der Waals surface area contributed by atoms with Gasteiger partial charge in [-0.3, -0.25) is 0 Å². The summed E-state index contributed by atoms with van der Waals surface area (Å²) in [6, 6.07) is 7.74. The zero-order valence-corrected chi connectivity index (χ0v) is 10.9. The van der Waals surface area contributed by atoms with Crippen LogP contribution in [-0.4, -0.2) is 11.1 Å². The number of pyridine rings is 2. The zero-order valence-electron chi connectivity index (χ0n) is 9.38. The first-order valence-electron chi connectivity index (χ1n) is 4.93. The Kier molecular flexibility index (Phi) is 6.93. The molecule has 0 aliphatic rings. The fourth-order valence-corrected chi connectivity index (χ4v) is 1.49. The summed E-state index contributed by atoms with van der Waals surface area (Å²) in [5.74, 6) is -0.841. The molecule has 0 bridgehead atoms. The van der Waals surface area contributed by atoms with E-state index < -0.39 is 5.97 Å². The second-order valence-corrected chi connectivity index (χ2v) is 3.44. The van der Waals surface area contributed by atoms with E-state index in [-0.39, 0.29) is 31.4 Å². The van der Waals surface area contributed by atoms with Crippen molar-refractivity contribution in [2.45, 2.75) is 6.54 Å². The second-order valence-electron chi connectivity index (χ2n) is 3.44. The highest BCUT2D eigenvalue weighted by molar-refractivity contribution is 5.65. The Labute approximate surface area is 117 Å². The summed E-state index contributed by atoms with van der Waals surface area (Å²) in [7, 11) is 0. The van der Waals surface area contributed by atoms with Crippen LogP contribution in [0, 0.1) is 0 Å². The van der Waals surface area contributed by atoms with E-state index in [9.17, 15) is 4.79 Å². The molecule has 2 heterocycles. The third-order valence-electron chi connectivity index (χ3n) is 2.26. The minimum atomic E-state index is -0.841. The van der Waals surface area contributed by atoms with Crippen LogP contribution in [0.4, 0.5) is 0 Å². The number of carboxylic acid groups (broad SMARTS) is 1.